The van der Waals surface area contributed by atoms with E-state index in [0.717, 1.165) is 0 Å². The lowest BCUT2D eigenvalue weighted by molar-refractivity contribution is -0.385. The number of hydrogen-bond acceptors (Lipinski definition) is 4. The molecule has 1 rings (SSSR count). The van der Waals surface area contributed by atoms with Crippen LogP contribution in [0.2, 0.25) is 0 Å². The third-order valence-corrected chi connectivity index (χ3v) is 3.97. The van der Waals surface area contributed by atoms with E-state index in [9.17, 15) is 34.3 Å². The van der Waals surface area contributed by atoms with Gasteiger partial charge < -0.3 is 4.74 Å². The van der Waals surface area contributed by atoms with Crippen LogP contribution < -0.4 is 0 Å². The van der Waals surface area contributed by atoms with Gasteiger partial charge in [0.1, 0.15) is 4.90 Å². The number of alkyl halides is 1. The van der Waals surface area contributed by atoms with Crippen molar-refractivity contribution in [2.75, 3.05) is 6.61 Å². The second-order valence-corrected chi connectivity index (χ2v) is 6.91. The highest BCUT2D eigenvalue weighted by molar-refractivity contribution is 8.45. The number of rotatable bonds is 5. The Hall–Kier alpha value is -1.62. The number of nitro groups is 1. The molecule has 126 valence electrons. The van der Waals surface area contributed by atoms with Crippen molar-refractivity contribution in [3.8, 4) is 0 Å². The maximum atomic E-state index is 12.7. The Morgan fingerprint density at radius 3 is 2.32 bits per heavy atom. The van der Waals surface area contributed by atoms with Gasteiger partial charge in [0.2, 0.25) is 0 Å². The van der Waals surface area contributed by atoms with Crippen LogP contribution in [0.5, 0.6) is 0 Å². The number of halogens is 6. The molecule has 22 heavy (non-hydrogen) atoms. The van der Waals surface area contributed by atoms with Crippen LogP contribution in [0.4, 0.5) is 25.1 Å². The molecule has 1 atom stereocenters. The average Bonchev–Trinajstić information content (AvgIpc) is 2.34. The maximum absolute atomic E-state index is 12.7. The van der Waals surface area contributed by atoms with E-state index in [4.69, 9.17) is 11.6 Å². The normalized spacial score (nSPS) is 16.3. The van der Waals surface area contributed by atoms with Crippen LogP contribution in [-0.4, -0.2) is 17.5 Å². The number of carbonyl (C=O) groups excluding carboxylic acids is 1. The van der Waals surface area contributed by atoms with E-state index in [2.05, 4.69) is 4.74 Å². The molecule has 0 unspecified atom stereocenters. The zero-order valence-corrected chi connectivity index (χ0v) is 12.3. The molecule has 0 aliphatic carbocycles. The fraction of sp³-hybridized carbons (Fsp3) is 0.300. The highest BCUT2D eigenvalue weighted by Gasteiger charge is 2.66. The SMILES string of the molecule is CCOC(=O)[C@H](Cl)c1ccc(S(F)(F)(F)(F)F)cc1[N+](=O)[O-]. The number of hydrogen-bond donors (Lipinski definition) is 0. The van der Waals surface area contributed by atoms with Gasteiger partial charge in [-0.2, -0.15) is 0 Å². The van der Waals surface area contributed by atoms with Gasteiger partial charge >= 0.3 is 16.2 Å². The van der Waals surface area contributed by atoms with E-state index in [-0.39, 0.29) is 18.7 Å². The average molecular weight is 370 g/mol. The molecule has 0 aliphatic rings. The third kappa shape index (κ3) is 4.19. The van der Waals surface area contributed by atoms with E-state index in [1.165, 1.54) is 6.92 Å². The van der Waals surface area contributed by atoms with Gasteiger partial charge in [0.15, 0.2) is 5.38 Å². The highest BCUT2D eigenvalue weighted by atomic mass is 35.5. The van der Waals surface area contributed by atoms with Gasteiger partial charge in [0, 0.05) is 6.07 Å². The van der Waals surface area contributed by atoms with Gasteiger partial charge in [-0.3, -0.25) is 14.9 Å². The molecule has 0 bridgehead atoms. The third-order valence-electron chi connectivity index (χ3n) is 2.41. The van der Waals surface area contributed by atoms with Crippen LogP contribution in [0.25, 0.3) is 0 Å². The van der Waals surface area contributed by atoms with E-state index < -0.39 is 42.6 Å². The van der Waals surface area contributed by atoms with Crippen LogP contribution in [-0.2, 0) is 9.53 Å². The number of benzene rings is 1. The summed E-state index contributed by atoms with van der Waals surface area (Å²) >= 11 is 5.58. The van der Waals surface area contributed by atoms with Gasteiger partial charge in [0.05, 0.1) is 17.1 Å². The number of ether oxygens (including phenoxy) is 1. The summed E-state index contributed by atoms with van der Waals surface area (Å²) in [4.78, 5) is 18.4. The Morgan fingerprint density at radius 1 is 1.36 bits per heavy atom. The summed E-state index contributed by atoms with van der Waals surface area (Å²) in [5, 5.41) is 8.99. The van der Waals surface area contributed by atoms with Gasteiger partial charge in [-0.1, -0.05) is 19.4 Å². The van der Waals surface area contributed by atoms with Crippen LogP contribution in [0.15, 0.2) is 23.1 Å². The summed E-state index contributed by atoms with van der Waals surface area (Å²) in [5.74, 6) is -1.15. The van der Waals surface area contributed by atoms with Gasteiger partial charge in [-0.15, -0.1) is 11.6 Å². The zero-order chi connectivity index (χ0) is 17.4. The highest BCUT2D eigenvalue weighted by Crippen LogP contribution is 3.02. The Labute approximate surface area is 125 Å². The second kappa shape index (κ2) is 4.95. The minimum absolute atomic E-state index is 0.0570. The summed E-state index contributed by atoms with van der Waals surface area (Å²) < 4.78 is 67.8. The Bertz CT molecular complexity index is 636. The van der Waals surface area contributed by atoms with E-state index >= 15 is 0 Å². The van der Waals surface area contributed by atoms with Crippen molar-refractivity contribution in [1.82, 2.24) is 0 Å². The summed E-state index contributed by atoms with van der Waals surface area (Å²) in [5.41, 5.74) is -2.02. The fourth-order valence-corrected chi connectivity index (χ4v) is 2.39. The first-order valence-electron chi connectivity index (χ1n) is 5.50. The van der Waals surface area contributed by atoms with E-state index in [1.807, 2.05) is 0 Å². The molecule has 0 radical (unpaired) electrons. The molecular weight excluding hydrogens is 361 g/mol. The first-order valence-corrected chi connectivity index (χ1v) is 7.89. The molecule has 0 amide bonds. The van der Waals surface area contributed by atoms with Gasteiger partial charge in [-0.25, -0.2) is 0 Å². The van der Waals surface area contributed by atoms with Crippen molar-refractivity contribution in [3.05, 3.63) is 33.9 Å². The lowest BCUT2D eigenvalue weighted by atomic mass is 10.1. The number of nitro benzene ring substituents is 1. The minimum atomic E-state index is -10.1. The van der Waals surface area contributed by atoms with E-state index in [0.29, 0.717) is 6.07 Å². The van der Waals surface area contributed by atoms with Crippen LogP contribution in [0, 0.1) is 10.1 Å². The molecular formula is C10H9ClF5NO4S. The zero-order valence-electron chi connectivity index (χ0n) is 10.8. The number of esters is 1. The van der Waals surface area contributed by atoms with Crippen molar-refractivity contribution in [1.29, 1.82) is 0 Å². The number of carbonyl (C=O) groups is 1. The van der Waals surface area contributed by atoms with Crippen LogP contribution >= 0.6 is 21.8 Å². The molecule has 12 heteroatoms. The summed E-state index contributed by atoms with van der Waals surface area (Å²) in [7, 11) is -10.1. The molecule has 0 N–H and O–H groups in total. The summed E-state index contributed by atoms with van der Waals surface area (Å²) in [6.07, 6.45) is 0. The lowest BCUT2D eigenvalue weighted by Gasteiger charge is -2.40. The standard InChI is InChI=1S/C10H9ClF5NO4S/c1-2-21-10(18)9(11)7-4-3-6(5-8(7)17(19)20)22(12,13,14,15)16/h3-5,9H,2H2,1H3/t9-/m1/s1. The van der Waals surface area contributed by atoms with Gasteiger partial charge in [-0.05, 0) is 19.1 Å². The Kier molecular flexibility index (Phi) is 4.14. The molecule has 0 aromatic heterocycles. The van der Waals surface area contributed by atoms with Crippen LogP contribution in [0.1, 0.15) is 17.9 Å². The molecule has 5 nitrogen and oxygen atoms in total. The van der Waals surface area contributed by atoms with Crippen molar-refractivity contribution < 1.29 is 33.9 Å². The fourth-order valence-electron chi connectivity index (χ4n) is 1.48. The maximum Gasteiger partial charge on any atom is 0.328 e. The second-order valence-electron chi connectivity index (χ2n) is 4.06. The van der Waals surface area contributed by atoms with Crippen molar-refractivity contribution in [2.45, 2.75) is 17.2 Å². The molecule has 0 fully saturated rings. The number of nitrogens with zero attached hydrogens (tertiary/aromatic N) is 1. The van der Waals surface area contributed by atoms with E-state index in [1.54, 1.807) is 0 Å². The smallest absolute Gasteiger partial charge is 0.328 e. The van der Waals surface area contributed by atoms with Gasteiger partial charge in [0.25, 0.3) is 5.69 Å². The molecule has 1 aromatic rings. The minimum Gasteiger partial charge on any atom is -0.465 e. The quantitative estimate of drug-likeness (QED) is 0.238. The topological polar surface area (TPSA) is 69.4 Å². The largest absolute Gasteiger partial charge is 0.465 e. The predicted molar refractivity (Wildman–Crippen MR) is 69.7 cm³/mol. The predicted octanol–water partition coefficient (Wildman–Crippen LogP) is 5.10. The molecule has 0 spiro atoms. The van der Waals surface area contributed by atoms with Crippen LogP contribution in [0.3, 0.4) is 0 Å². The van der Waals surface area contributed by atoms with Crippen molar-refractivity contribution in [2.24, 2.45) is 0 Å². The molecule has 0 saturated heterocycles. The molecule has 0 saturated carbocycles. The Morgan fingerprint density at radius 2 is 1.91 bits per heavy atom. The van der Waals surface area contributed by atoms with Crippen molar-refractivity contribution >= 4 is 33.5 Å². The first-order chi connectivity index (χ1) is 9.67. The lowest BCUT2D eigenvalue weighted by Crippen LogP contribution is -2.14. The first kappa shape index (κ1) is 18.4. The summed E-state index contributed by atoms with van der Waals surface area (Å²) in [6.45, 7) is 1.28. The molecule has 0 heterocycles. The summed E-state index contributed by atoms with van der Waals surface area (Å²) in [6, 6.07) is -0.0378. The molecule has 1 aromatic carbocycles. The monoisotopic (exact) mass is 369 g/mol. The van der Waals surface area contributed by atoms with Crippen molar-refractivity contribution in [3.63, 3.8) is 0 Å². The molecule has 0 aliphatic heterocycles. The Balaban J connectivity index is 3.47.